The van der Waals surface area contributed by atoms with Crippen LogP contribution in [0.25, 0.3) is 0 Å². The second-order valence-corrected chi connectivity index (χ2v) is 13.0. The molecule has 40 heavy (non-hydrogen) atoms. The molecule has 0 aliphatic carbocycles. The molecular formula is C31H37ClN4O3S. The lowest BCUT2D eigenvalue weighted by Gasteiger charge is -2.36. The second-order valence-electron chi connectivity index (χ2n) is 11.0. The van der Waals surface area contributed by atoms with E-state index in [4.69, 9.17) is 16.7 Å². The zero-order chi connectivity index (χ0) is 28.4. The minimum absolute atomic E-state index is 0.0604. The highest BCUT2D eigenvalue weighted by molar-refractivity contribution is 7.89. The average molecular weight is 581 g/mol. The zero-order valence-electron chi connectivity index (χ0n) is 23.1. The molecule has 9 heteroatoms. The van der Waals surface area contributed by atoms with E-state index in [1.807, 2.05) is 36.1 Å². The van der Waals surface area contributed by atoms with Gasteiger partial charge in [0.25, 0.3) is 5.91 Å². The van der Waals surface area contributed by atoms with Gasteiger partial charge in [0, 0.05) is 50.5 Å². The van der Waals surface area contributed by atoms with Crippen molar-refractivity contribution < 1.29 is 13.2 Å². The molecule has 2 fully saturated rings. The van der Waals surface area contributed by atoms with Crippen molar-refractivity contribution in [1.82, 2.24) is 4.90 Å². The lowest BCUT2D eigenvalue weighted by Crippen LogP contribution is -2.49. The van der Waals surface area contributed by atoms with Gasteiger partial charge in [-0.1, -0.05) is 35.9 Å². The molecule has 2 heterocycles. The molecule has 0 atom stereocenters. The number of aryl methyl sites for hydroxylation is 2. The van der Waals surface area contributed by atoms with Crippen LogP contribution in [0.3, 0.4) is 0 Å². The molecule has 0 aromatic heterocycles. The highest BCUT2D eigenvalue weighted by atomic mass is 35.5. The summed E-state index contributed by atoms with van der Waals surface area (Å²) in [6, 6.07) is 19.0. The van der Waals surface area contributed by atoms with E-state index in [9.17, 15) is 13.2 Å². The number of rotatable bonds is 6. The maximum Gasteiger partial charge on any atom is 0.254 e. The number of sulfonamides is 1. The number of carbonyl (C=O) groups excluding carboxylic acids is 1. The highest BCUT2D eigenvalue weighted by Crippen LogP contribution is 2.31. The van der Waals surface area contributed by atoms with Gasteiger partial charge >= 0.3 is 0 Å². The molecule has 0 saturated carbocycles. The fourth-order valence-electron chi connectivity index (χ4n) is 5.94. The zero-order valence-corrected chi connectivity index (χ0v) is 24.7. The Hall–Kier alpha value is -3.07. The SMILES string of the molecule is Cc1cc(C)c(C(=O)N2CCN(c3cccc(S(N)(=O)=O)c3)CC2)cc1CC1CCN(c2ccccc2Cl)CC1. The molecular weight excluding hydrogens is 544 g/mol. The van der Waals surface area contributed by atoms with E-state index in [1.165, 1.54) is 17.2 Å². The lowest BCUT2D eigenvalue weighted by molar-refractivity contribution is 0.0746. The highest BCUT2D eigenvalue weighted by Gasteiger charge is 2.26. The number of amides is 1. The van der Waals surface area contributed by atoms with Crippen molar-refractivity contribution in [3.8, 4) is 0 Å². The predicted octanol–water partition coefficient (Wildman–Crippen LogP) is 5.03. The van der Waals surface area contributed by atoms with E-state index in [-0.39, 0.29) is 10.8 Å². The van der Waals surface area contributed by atoms with Gasteiger partial charge in [0.15, 0.2) is 0 Å². The standard InChI is InChI=1S/C31H37ClN4O3S/c1-22-18-23(2)28(20-25(22)19-24-10-12-35(13-11-24)30-9-4-3-8-29(30)32)31(37)36-16-14-34(15-17-36)26-6-5-7-27(21-26)40(33,38)39/h3-9,18,20-21,24H,10-17,19H2,1-2H3,(H2,33,38,39). The maximum absolute atomic E-state index is 13.6. The topological polar surface area (TPSA) is 87.0 Å². The van der Waals surface area contributed by atoms with Crippen LogP contribution in [0.4, 0.5) is 11.4 Å². The monoisotopic (exact) mass is 580 g/mol. The minimum atomic E-state index is -3.76. The van der Waals surface area contributed by atoms with E-state index in [1.54, 1.807) is 12.1 Å². The Bertz CT molecular complexity index is 1490. The summed E-state index contributed by atoms with van der Waals surface area (Å²) in [7, 11) is -3.76. The molecule has 2 saturated heterocycles. The molecule has 0 unspecified atom stereocenters. The molecule has 2 N–H and O–H groups in total. The van der Waals surface area contributed by atoms with E-state index < -0.39 is 10.0 Å². The molecule has 3 aromatic carbocycles. The van der Waals surface area contributed by atoms with E-state index in [0.717, 1.165) is 59.9 Å². The summed E-state index contributed by atoms with van der Waals surface area (Å²) in [5.41, 5.74) is 6.18. The number of nitrogens with two attached hydrogens (primary N) is 1. The van der Waals surface area contributed by atoms with Crippen molar-refractivity contribution in [3.05, 3.63) is 87.9 Å². The number of nitrogens with zero attached hydrogens (tertiary/aromatic N) is 3. The number of hydrogen-bond acceptors (Lipinski definition) is 5. The lowest BCUT2D eigenvalue weighted by atomic mass is 9.86. The summed E-state index contributed by atoms with van der Waals surface area (Å²) in [5.74, 6) is 0.630. The number of para-hydroxylation sites is 1. The molecule has 0 spiro atoms. The van der Waals surface area contributed by atoms with Crippen molar-refractivity contribution in [3.63, 3.8) is 0 Å². The van der Waals surface area contributed by atoms with Crippen molar-refractivity contribution in [2.24, 2.45) is 11.1 Å². The third-order valence-electron chi connectivity index (χ3n) is 8.31. The van der Waals surface area contributed by atoms with Crippen LogP contribution < -0.4 is 14.9 Å². The normalized spacial score (nSPS) is 16.9. The summed E-state index contributed by atoms with van der Waals surface area (Å²) in [6.07, 6.45) is 3.16. The Balaban J connectivity index is 1.22. The van der Waals surface area contributed by atoms with E-state index in [2.05, 4.69) is 34.9 Å². The molecule has 0 bridgehead atoms. The summed E-state index contributed by atoms with van der Waals surface area (Å²) in [5, 5.41) is 6.11. The molecule has 212 valence electrons. The van der Waals surface area contributed by atoms with Crippen LogP contribution in [-0.4, -0.2) is 58.5 Å². The molecule has 2 aliphatic heterocycles. The van der Waals surface area contributed by atoms with Gasteiger partial charge in [-0.05, 0) is 92.1 Å². The number of halogens is 1. The second kappa shape index (κ2) is 11.8. The largest absolute Gasteiger partial charge is 0.370 e. The summed E-state index contributed by atoms with van der Waals surface area (Å²) in [4.78, 5) is 20.1. The van der Waals surface area contributed by atoms with Crippen LogP contribution in [0.1, 0.15) is 39.9 Å². The summed E-state index contributed by atoms with van der Waals surface area (Å²) < 4.78 is 23.5. The first-order chi connectivity index (χ1) is 19.1. The van der Waals surface area contributed by atoms with Gasteiger partial charge in [-0.3, -0.25) is 4.79 Å². The number of piperazine rings is 1. The third-order valence-corrected chi connectivity index (χ3v) is 9.54. The fraction of sp³-hybridized carbons (Fsp3) is 0.387. The smallest absolute Gasteiger partial charge is 0.254 e. The van der Waals surface area contributed by atoms with Gasteiger partial charge in [-0.2, -0.15) is 0 Å². The van der Waals surface area contributed by atoms with Crippen molar-refractivity contribution in [2.45, 2.75) is 38.0 Å². The van der Waals surface area contributed by atoms with E-state index >= 15 is 0 Å². The first kappa shape index (κ1) is 28.5. The van der Waals surface area contributed by atoms with Gasteiger partial charge in [0.2, 0.25) is 10.0 Å². The minimum Gasteiger partial charge on any atom is -0.370 e. The molecule has 2 aliphatic rings. The predicted molar refractivity (Wildman–Crippen MR) is 162 cm³/mol. The van der Waals surface area contributed by atoms with Crippen LogP contribution in [0.5, 0.6) is 0 Å². The first-order valence-corrected chi connectivity index (χ1v) is 15.8. The van der Waals surface area contributed by atoms with E-state index in [0.29, 0.717) is 32.1 Å². The maximum atomic E-state index is 13.6. The van der Waals surface area contributed by atoms with Crippen molar-refractivity contribution in [1.29, 1.82) is 0 Å². The Morgan fingerprint density at radius 3 is 2.25 bits per heavy atom. The molecule has 3 aromatic rings. The molecule has 5 rings (SSSR count). The van der Waals surface area contributed by atoms with Crippen LogP contribution in [0.15, 0.2) is 65.6 Å². The van der Waals surface area contributed by atoms with Gasteiger partial charge in [0.05, 0.1) is 15.6 Å². The summed E-state index contributed by atoms with van der Waals surface area (Å²) >= 11 is 6.43. The average Bonchev–Trinajstić information content (AvgIpc) is 2.95. The van der Waals surface area contributed by atoms with Crippen LogP contribution >= 0.6 is 11.6 Å². The van der Waals surface area contributed by atoms with Crippen LogP contribution in [-0.2, 0) is 16.4 Å². The van der Waals surface area contributed by atoms with Crippen LogP contribution in [0.2, 0.25) is 5.02 Å². The Morgan fingerprint density at radius 1 is 0.875 bits per heavy atom. The van der Waals surface area contributed by atoms with Gasteiger partial charge in [-0.15, -0.1) is 0 Å². The fourth-order valence-corrected chi connectivity index (χ4v) is 6.75. The van der Waals surface area contributed by atoms with Crippen LogP contribution in [0, 0.1) is 19.8 Å². The number of anilines is 2. The quantitative estimate of drug-likeness (QED) is 0.442. The Labute approximate surface area is 242 Å². The Morgan fingerprint density at radius 2 is 1.57 bits per heavy atom. The summed E-state index contributed by atoms with van der Waals surface area (Å²) in [6.45, 7) is 8.52. The first-order valence-electron chi connectivity index (χ1n) is 13.9. The Kier molecular flexibility index (Phi) is 8.40. The number of carbonyl (C=O) groups is 1. The third kappa shape index (κ3) is 6.29. The number of piperidine rings is 1. The number of primary sulfonamides is 1. The molecule has 0 radical (unpaired) electrons. The molecule has 1 amide bonds. The van der Waals surface area contributed by atoms with Gasteiger partial charge < -0.3 is 14.7 Å². The van der Waals surface area contributed by atoms with Gasteiger partial charge in [0.1, 0.15) is 0 Å². The van der Waals surface area contributed by atoms with Crippen molar-refractivity contribution >= 4 is 38.9 Å². The van der Waals surface area contributed by atoms with Gasteiger partial charge in [-0.25, -0.2) is 13.6 Å². The number of benzene rings is 3. The number of hydrogen-bond donors (Lipinski definition) is 1. The molecule has 7 nitrogen and oxygen atoms in total. The van der Waals surface area contributed by atoms with Crippen molar-refractivity contribution in [2.75, 3.05) is 49.1 Å².